The van der Waals surface area contributed by atoms with Crippen LogP contribution in [-0.4, -0.2) is 60.3 Å². The predicted molar refractivity (Wildman–Crippen MR) is 133 cm³/mol. The third-order valence-corrected chi connectivity index (χ3v) is 5.65. The summed E-state index contributed by atoms with van der Waals surface area (Å²) in [5.74, 6) is 0.731. The number of ether oxygens (including phenoxy) is 2. The molecule has 0 saturated carbocycles. The third-order valence-electron chi connectivity index (χ3n) is 5.65. The van der Waals surface area contributed by atoms with Crippen molar-refractivity contribution >= 4 is 29.1 Å². The van der Waals surface area contributed by atoms with Gasteiger partial charge in [-0.25, -0.2) is 9.78 Å². The SMILES string of the molecule is CCOC(=O)c1ccccc1Nc1nc(Nc2cccc(CCN3CCOCC3)c2)ncc1C. The first-order valence-electron chi connectivity index (χ1n) is 11.7. The molecule has 2 heterocycles. The molecule has 0 unspecified atom stereocenters. The molecule has 2 N–H and O–H groups in total. The Kier molecular flexibility index (Phi) is 8.06. The van der Waals surface area contributed by atoms with Crippen LogP contribution in [0.1, 0.15) is 28.4 Å². The van der Waals surface area contributed by atoms with Crippen LogP contribution in [0.2, 0.25) is 0 Å². The van der Waals surface area contributed by atoms with Crippen molar-refractivity contribution in [2.24, 2.45) is 0 Å². The smallest absolute Gasteiger partial charge is 0.340 e. The van der Waals surface area contributed by atoms with E-state index in [4.69, 9.17) is 9.47 Å². The molecule has 0 spiro atoms. The molecule has 0 amide bonds. The number of nitrogens with one attached hydrogen (secondary N) is 2. The Morgan fingerprint density at radius 3 is 2.76 bits per heavy atom. The molecule has 8 heteroatoms. The van der Waals surface area contributed by atoms with Crippen LogP contribution in [0.5, 0.6) is 0 Å². The topological polar surface area (TPSA) is 88.6 Å². The van der Waals surface area contributed by atoms with E-state index in [1.807, 2.05) is 37.3 Å². The van der Waals surface area contributed by atoms with Gasteiger partial charge in [0.05, 0.1) is 31.1 Å². The highest BCUT2D eigenvalue weighted by Crippen LogP contribution is 2.24. The zero-order chi connectivity index (χ0) is 23.8. The van der Waals surface area contributed by atoms with Gasteiger partial charge in [-0.05, 0) is 50.1 Å². The zero-order valence-electron chi connectivity index (χ0n) is 19.7. The predicted octanol–water partition coefficient (Wildman–Crippen LogP) is 4.32. The summed E-state index contributed by atoms with van der Waals surface area (Å²) in [4.78, 5) is 23.8. The molecular formula is C26H31N5O3. The first-order valence-corrected chi connectivity index (χ1v) is 11.7. The molecule has 0 atom stereocenters. The Morgan fingerprint density at radius 1 is 1.12 bits per heavy atom. The molecule has 1 fully saturated rings. The first-order chi connectivity index (χ1) is 16.6. The number of morpholine rings is 1. The van der Waals surface area contributed by atoms with Crippen LogP contribution in [0.25, 0.3) is 0 Å². The number of rotatable bonds is 9. The molecule has 1 aliphatic rings. The highest BCUT2D eigenvalue weighted by molar-refractivity contribution is 5.96. The fraction of sp³-hybridized carbons (Fsp3) is 0.346. The van der Waals surface area contributed by atoms with E-state index in [0.717, 1.165) is 50.5 Å². The van der Waals surface area contributed by atoms with Crippen LogP contribution in [0.4, 0.5) is 23.1 Å². The van der Waals surface area contributed by atoms with E-state index in [1.165, 1.54) is 5.56 Å². The van der Waals surface area contributed by atoms with E-state index in [2.05, 4.69) is 37.6 Å². The highest BCUT2D eigenvalue weighted by Gasteiger charge is 2.14. The number of aryl methyl sites for hydroxylation is 1. The molecule has 8 nitrogen and oxygen atoms in total. The van der Waals surface area contributed by atoms with E-state index < -0.39 is 0 Å². The monoisotopic (exact) mass is 461 g/mol. The molecule has 0 bridgehead atoms. The number of aromatic nitrogens is 2. The number of carbonyl (C=O) groups excluding carboxylic acids is 1. The summed E-state index contributed by atoms with van der Waals surface area (Å²) in [5.41, 5.74) is 4.15. The number of esters is 1. The van der Waals surface area contributed by atoms with Crippen LogP contribution in [0.15, 0.2) is 54.7 Å². The number of carbonyl (C=O) groups is 1. The number of hydrogen-bond donors (Lipinski definition) is 2. The van der Waals surface area contributed by atoms with Gasteiger partial charge >= 0.3 is 5.97 Å². The molecule has 2 aromatic carbocycles. The molecule has 1 aromatic heterocycles. The maximum Gasteiger partial charge on any atom is 0.340 e. The van der Waals surface area contributed by atoms with Crippen LogP contribution in [0, 0.1) is 6.92 Å². The van der Waals surface area contributed by atoms with Crippen molar-refractivity contribution in [3.63, 3.8) is 0 Å². The van der Waals surface area contributed by atoms with Crippen LogP contribution in [-0.2, 0) is 15.9 Å². The highest BCUT2D eigenvalue weighted by atomic mass is 16.5. The first kappa shape index (κ1) is 23.7. The van der Waals surface area contributed by atoms with Crippen molar-refractivity contribution < 1.29 is 14.3 Å². The molecular weight excluding hydrogens is 430 g/mol. The van der Waals surface area contributed by atoms with Crippen molar-refractivity contribution in [3.05, 3.63) is 71.4 Å². The van der Waals surface area contributed by atoms with Gasteiger partial charge in [0.25, 0.3) is 0 Å². The third kappa shape index (κ3) is 6.30. The fourth-order valence-corrected chi connectivity index (χ4v) is 3.78. The molecule has 178 valence electrons. The Hall–Kier alpha value is -3.49. The average Bonchev–Trinajstić information content (AvgIpc) is 2.86. The number of hydrogen-bond acceptors (Lipinski definition) is 8. The van der Waals surface area contributed by atoms with E-state index in [0.29, 0.717) is 29.6 Å². The van der Waals surface area contributed by atoms with E-state index in [-0.39, 0.29) is 5.97 Å². The molecule has 1 saturated heterocycles. The van der Waals surface area contributed by atoms with Gasteiger partial charge in [-0.3, -0.25) is 4.90 Å². The summed E-state index contributed by atoms with van der Waals surface area (Å²) in [6.07, 6.45) is 2.73. The Morgan fingerprint density at radius 2 is 1.94 bits per heavy atom. The molecule has 3 aromatic rings. The van der Waals surface area contributed by atoms with Gasteiger partial charge in [0.15, 0.2) is 0 Å². The van der Waals surface area contributed by atoms with Crippen molar-refractivity contribution in [2.75, 3.05) is 50.1 Å². The lowest BCUT2D eigenvalue weighted by Crippen LogP contribution is -2.37. The van der Waals surface area contributed by atoms with Crippen molar-refractivity contribution in [1.29, 1.82) is 0 Å². The lowest BCUT2D eigenvalue weighted by Gasteiger charge is -2.26. The summed E-state index contributed by atoms with van der Waals surface area (Å²) >= 11 is 0. The van der Waals surface area contributed by atoms with E-state index >= 15 is 0 Å². The fourth-order valence-electron chi connectivity index (χ4n) is 3.78. The van der Waals surface area contributed by atoms with Crippen molar-refractivity contribution in [2.45, 2.75) is 20.3 Å². The van der Waals surface area contributed by atoms with Gasteiger partial charge in [-0.2, -0.15) is 4.98 Å². The van der Waals surface area contributed by atoms with Crippen LogP contribution in [0.3, 0.4) is 0 Å². The van der Waals surface area contributed by atoms with Crippen LogP contribution < -0.4 is 10.6 Å². The molecule has 0 aliphatic carbocycles. The Balaban J connectivity index is 1.45. The summed E-state index contributed by atoms with van der Waals surface area (Å²) < 4.78 is 10.6. The van der Waals surface area contributed by atoms with Gasteiger partial charge in [0.1, 0.15) is 5.82 Å². The number of nitrogens with zero attached hydrogens (tertiary/aromatic N) is 3. The van der Waals surface area contributed by atoms with Gasteiger partial charge in [-0.1, -0.05) is 24.3 Å². The second-order valence-electron chi connectivity index (χ2n) is 8.15. The summed E-state index contributed by atoms with van der Waals surface area (Å²) in [7, 11) is 0. The average molecular weight is 462 g/mol. The maximum atomic E-state index is 12.3. The maximum absolute atomic E-state index is 12.3. The minimum Gasteiger partial charge on any atom is -0.462 e. The van der Waals surface area contributed by atoms with Gasteiger partial charge in [-0.15, -0.1) is 0 Å². The molecule has 34 heavy (non-hydrogen) atoms. The summed E-state index contributed by atoms with van der Waals surface area (Å²) in [6.45, 7) is 8.65. The lowest BCUT2D eigenvalue weighted by atomic mass is 10.1. The number of para-hydroxylation sites is 1. The molecule has 1 aliphatic heterocycles. The van der Waals surface area contributed by atoms with Crippen molar-refractivity contribution in [1.82, 2.24) is 14.9 Å². The normalized spacial score (nSPS) is 13.9. The minimum atomic E-state index is -0.371. The quantitative estimate of drug-likeness (QED) is 0.456. The molecule has 0 radical (unpaired) electrons. The Bertz CT molecular complexity index is 1120. The van der Waals surface area contributed by atoms with E-state index in [9.17, 15) is 4.79 Å². The van der Waals surface area contributed by atoms with Gasteiger partial charge < -0.3 is 20.1 Å². The van der Waals surface area contributed by atoms with E-state index in [1.54, 1.807) is 19.2 Å². The van der Waals surface area contributed by atoms with Crippen molar-refractivity contribution in [3.8, 4) is 0 Å². The summed E-state index contributed by atoms with van der Waals surface area (Å²) in [6, 6.07) is 15.6. The van der Waals surface area contributed by atoms with Crippen LogP contribution >= 0.6 is 0 Å². The standard InChI is InChI=1S/C26H31N5O3/c1-3-34-25(32)22-9-4-5-10-23(22)29-24-19(2)18-27-26(30-24)28-21-8-6-7-20(17-21)11-12-31-13-15-33-16-14-31/h4-10,17-18H,3,11-16H2,1-2H3,(H2,27,28,29,30). The molecule has 4 rings (SSSR count). The second-order valence-corrected chi connectivity index (χ2v) is 8.15. The lowest BCUT2D eigenvalue weighted by molar-refractivity contribution is 0.0384. The van der Waals surface area contributed by atoms with Gasteiger partial charge in [0, 0.05) is 37.1 Å². The Labute approximate surface area is 200 Å². The number of benzene rings is 2. The number of anilines is 4. The van der Waals surface area contributed by atoms with Gasteiger partial charge in [0.2, 0.25) is 5.95 Å². The zero-order valence-corrected chi connectivity index (χ0v) is 19.7. The second kappa shape index (κ2) is 11.6. The minimum absolute atomic E-state index is 0.319. The largest absolute Gasteiger partial charge is 0.462 e. The summed E-state index contributed by atoms with van der Waals surface area (Å²) in [5, 5.41) is 6.57.